The zero-order valence-electron chi connectivity index (χ0n) is 6.00. The fraction of sp³-hybridized carbons (Fsp3) is 1.00. The quantitative estimate of drug-likeness (QED) is 0.231. The molecule has 0 aliphatic carbocycles. The average Bonchev–Trinajstić information content (AvgIpc) is 1.36. The van der Waals surface area contributed by atoms with Crippen LogP contribution in [0.2, 0.25) is 0 Å². The van der Waals surface area contributed by atoms with Gasteiger partial charge in [-0.1, -0.05) is 0 Å². The Kier molecular flexibility index (Phi) is 29.8. The molecule has 0 aromatic rings. The first-order chi connectivity index (χ1) is 3.00. The second-order valence-corrected chi connectivity index (χ2v) is 1.54. The van der Waals surface area contributed by atoms with Gasteiger partial charge in [-0.15, -0.1) is 0 Å². The van der Waals surface area contributed by atoms with Crippen molar-refractivity contribution in [2.24, 2.45) is 0 Å². The molecule has 9 heavy (non-hydrogen) atoms. The van der Waals surface area contributed by atoms with Crippen molar-refractivity contribution in [3.63, 3.8) is 0 Å². The second kappa shape index (κ2) is 11.9. The third-order valence-corrected chi connectivity index (χ3v) is 0. The molecule has 0 radical (unpaired) electrons. The molecular formula is CH8FeLiO5P. The van der Waals surface area contributed by atoms with Crippen molar-refractivity contribution in [2.45, 2.75) is 0 Å². The van der Waals surface area contributed by atoms with Crippen LogP contribution in [0.25, 0.3) is 0 Å². The average molecular weight is 194 g/mol. The molecule has 0 aliphatic heterocycles. The Bertz CT molecular complexity index is 67.8. The Labute approximate surface area is 76.8 Å². The molecule has 0 spiro atoms. The summed E-state index contributed by atoms with van der Waals surface area (Å²) in [5.74, 6) is 0. The molecule has 0 atom stereocenters. The molecule has 0 heterocycles. The van der Waals surface area contributed by atoms with Crippen molar-refractivity contribution < 1.29 is 61.7 Å². The molecule has 0 saturated heterocycles. The van der Waals surface area contributed by atoms with Crippen LogP contribution in [0.1, 0.15) is 1.43 Å². The Morgan fingerprint density at radius 3 is 1.22 bits per heavy atom. The van der Waals surface area contributed by atoms with Gasteiger partial charge >= 0.3 is 26.7 Å². The summed E-state index contributed by atoms with van der Waals surface area (Å²) in [7, 11) is -3.64. The van der Waals surface area contributed by atoms with E-state index in [1.807, 2.05) is 0 Å². The van der Waals surface area contributed by atoms with Crippen LogP contribution in [0.15, 0.2) is 0 Å². The molecule has 5 nitrogen and oxygen atoms in total. The van der Waals surface area contributed by atoms with Gasteiger partial charge in [-0.2, -0.15) is 0 Å². The van der Waals surface area contributed by atoms with Gasteiger partial charge < -0.3 is 21.2 Å². The van der Waals surface area contributed by atoms with E-state index >= 15 is 0 Å². The normalized spacial score (nSPS) is 7.22. The summed E-state index contributed by atoms with van der Waals surface area (Å²) >= 11 is 0. The van der Waals surface area contributed by atoms with Gasteiger partial charge in [-0.3, -0.25) is 0 Å². The third kappa shape index (κ3) is 337. The molecule has 0 bridgehead atoms. The summed E-state index contributed by atoms with van der Waals surface area (Å²) in [6.07, 6.45) is 0. The van der Waals surface area contributed by atoms with Gasteiger partial charge in [0.25, 0.3) is 0 Å². The standard InChI is InChI=1S/CH4O.Fe.Li.H3O4P.H/c1-2;;;1-5(2,3)4;/h2H,1H3;;;(H3,1,2,3,4);/q;;+1;;-1. The van der Waals surface area contributed by atoms with Crippen molar-refractivity contribution in [3.05, 3.63) is 0 Å². The summed E-state index contributed by atoms with van der Waals surface area (Å²) in [5, 5.41) is 7.00. The molecular weight excluding hydrogens is 186 g/mol. The zero-order valence-corrected chi connectivity index (χ0v) is 7.00. The molecule has 0 aliphatic rings. The van der Waals surface area contributed by atoms with E-state index in [2.05, 4.69) is 0 Å². The Balaban J connectivity index is -0.0000000154. The van der Waals surface area contributed by atoms with Crippen LogP contribution < -0.4 is 18.9 Å². The van der Waals surface area contributed by atoms with E-state index in [1.165, 1.54) is 0 Å². The van der Waals surface area contributed by atoms with E-state index in [9.17, 15) is 0 Å². The van der Waals surface area contributed by atoms with Crippen LogP contribution in [0.4, 0.5) is 0 Å². The maximum absolute atomic E-state index is 8.88. The maximum Gasteiger partial charge on any atom is 1.00 e. The minimum absolute atomic E-state index is 0. The summed E-state index contributed by atoms with van der Waals surface area (Å²) in [6, 6.07) is 0. The number of aliphatic hydroxyl groups excluding tert-OH is 1. The van der Waals surface area contributed by atoms with E-state index in [0.717, 1.165) is 7.11 Å². The van der Waals surface area contributed by atoms with Crippen LogP contribution in [0.5, 0.6) is 0 Å². The summed E-state index contributed by atoms with van der Waals surface area (Å²) < 4.78 is 8.88. The van der Waals surface area contributed by atoms with Gasteiger partial charge in [-0.25, -0.2) is 4.57 Å². The summed E-state index contributed by atoms with van der Waals surface area (Å²) in [4.78, 5) is 21.6. The van der Waals surface area contributed by atoms with Gasteiger partial charge in [0.05, 0.1) is 0 Å². The molecule has 8 heteroatoms. The molecule has 56 valence electrons. The van der Waals surface area contributed by atoms with Gasteiger partial charge in [-0.05, 0) is 0 Å². The molecule has 0 aromatic carbocycles. The molecule has 0 fully saturated rings. The van der Waals surface area contributed by atoms with Crippen molar-refractivity contribution in [3.8, 4) is 0 Å². The smallest absolute Gasteiger partial charge is 1.00 e. The van der Waals surface area contributed by atoms with Crippen molar-refractivity contribution >= 4 is 7.82 Å². The molecule has 0 aromatic heterocycles. The van der Waals surface area contributed by atoms with Gasteiger partial charge in [0.2, 0.25) is 0 Å². The predicted octanol–water partition coefficient (Wildman–Crippen LogP) is -4.21. The molecule has 0 amide bonds. The van der Waals surface area contributed by atoms with E-state index in [-0.39, 0.29) is 37.4 Å². The second-order valence-electron chi connectivity index (χ2n) is 0.513. The SMILES string of the molecule is CO.O=P(O)(O)O.[Fe].[H-].[Li+]. The first-order valence-electron chi connectivity index (χ1n) is 1.23. The molecule has 0 unspecified atom stereocenters. The van der Waals surface area contributed by atoms with Gasteiger partial charge in [0.1, 0.15) is 0 Å². The first kappa shape index (κ1) is 22.5. The Morgan fingerprint density at radius 1 is 1.22 bits per heavy atom. The molecule has 0 saturated carbocycles. The molecule has 0 rings (SSSR count). The van der Waals surface area contributed by atoms with Gasteiger partial charge in [0.15, 0.2) is 0 Å². The van der Waals surface area contributed by atoms with Crippen LogP contribution in [0, 0.1) is 0 Å². The van der Waals surface area contributed by atoms with Crippen LogP contribution in [0.3, 0.4) is 0 Å². The first-order valence-corrected chi connectivity index (χ1v) is 2.79. The number of hydrogen-bond donors (Lipinski definition) is 4. The van der Waals surface area contributed by atoms with E-state index in [0.29, 0.717) is 0 Å². The Hall–Kier alpha value is 1.19. The minimum Gasteiger partial charge on any atom is -1.00 e. The van der Waals surface area contributed by atoms with Crippen LogP contribution >= 0.6 is 7.82 Å². The number of rotatable bonds is 0. The fourth-order valence-electron chi connectivity index (χ4n) is 0. The largest absolute Gasteiger partial charge is 1.00 e. The molecule has 4 N–H and O–H groups in total. The number of phosphoric acid groups is 1. The van der Waals surface area contributed by atoms with E-state index < -0.39 is 7.82 Å². The maximum atomic E-state index is 8.88. The Morgan fingerprint density at radius 2 is 1.22 bits per heavy atom. The van der Waals surface area contributed by atoms with Crippen LogP contribution in [-0.2, 0) is 21.6 Å². The van der Waals surface area contributed by atoms with Crippen molar-refractivity contribution in [1.82, 2.24) is 0 Å². The predicted molar refractivity (Wildman–Crippen MR) is 23.5 cm³/mol. The third-order valence-electron chi connectivity index (χ3n) is 0. The topological polar surface area (TPSA) is 98.0 Å². The van der Waals surface area contributed by atoms with Crippen molar-refractivity contribution in [2.75, 3.05) is 7.11 Å². The van der Waals surface area contributed by atoms with Crippen molar-refractivity contribution in [1.29, 1.82) is 0 Å². The zero-order chi connectivity index (χ0) is 6.50. The number of hydrogen-bond acceptors (Lipinski definition) is 2. The monoisotopic (exact) mass is 194 g/mol. The van der Waals surface area contributed by atoms with Gasteiger partial charge in [0, 0.05) is 24.2 Å². The summed E-state index contributed by atoms with van der Waals surface area (Å²) in [6.45, 7) is 0. The fourth-order valence-corrected chi connectivity index (χ4v) is 0. The summed E-state index contributed by atoms with van der Waals surface area (Å²) in [5.41, 5.74) is 0. The number of aliphatic hydroxyl groups is 1. The van der Waals surface area contributed by atoms with Crippen LogP contribution in [-0.4, -0.2) is 26.9 Å². The minimum atomic E-state index is -4.64. The van der Waals surface area contributed by atoms with E-state index in [1.54, 1.807) is 0 Å². The van der Waals surface area contributed by atoms with E-state index in [4.69, 9.17) is 24.4 Å².